The molecule has 0 amide bonds. The van der Waals surface area contributed by atoms with Crippen molar-refractivity contribution < 1.29 is 4.74 Å². The Morgan fingerprint density at radius 1 is 1.38 bits per heavy atom. The summed E-state index contributed by atoms with van der Waals surface area (Å²) in [5, 5.41) is 3.61. The molecule has 2 rings (SSSR count). The quantitative estimate of drug-likeness (QED) is 0.820. The van der Waals surface area contributed by atoms with Crippen LogP contribution in [0.2, 0.25) is 0 Å². The summed E-state index contributed by atoms with van der Waals surface area (Å²) in [5.74, 6) is 3.43. The Bertz CT molecular complexity index is 232. The van der Waals surface area contributed by atoms with E-state index in [4.69, 9.17) is 4.74 Å². The van der Waals surface area contributed by atoms with Gasteiger partial charge in [0.1, 0.15) is 0 Å². The maximum Gasteiger partial charge on any atom is 0.0631 e. The topological polar surface area (TPSA) is 21.3 Å². The van der Waals surface area contributed by atoms with E-state index < -0.39 is 0 Å². The molecule has 3 unspecified atom stereocenters. The molecule has 2 aliphatic heterocycles. The number of thioether (sulfide) groups is 1. The molecule has 94 valence electrons. The third-order valence-electron chi connectivity index (χ3n) is 3.78. The minimum Gasteiger partial charge on any atom is -0.372 e. The second-order valence-corrected chi connectivity index (χ2v) is 6.81. The zero-order valence-corrected chi connectivity index (χ0v) is 11.6. The highest BCUT2D eigenvalue weighted by atomic mass is 32.2. The van der Waals surface area contributed by atoms with Crippen molar-refractivity contribution in [1.82, 2.24) is 5.32 Å². The first-order valence-electron chi connectivity index (χ1n) is 6.59. The monoisotopic (exact) mass is 243 g/mol. The van der Waals surface area contributed by atoms with Gasteiger partial charge in [0.05, 0.1) is 11.7 Å². The first-order chi connectivity index (χ1) is 7.61. The van der Waals surface area contributed by atoms with Crippen LogP contribution in [0.15, 0.2) is 0 Å². The van der Waals surface area contributed by atoms with Crippen molar-refractivity contribution in [3.05, 3.63) is 0 Å². The molecular weight excluding hydrogens is 218 g/mol. The molecule has 2 saturated heterocycles. The van der Waals surface area contributed by atoms with E-state index in [1.54, 1.807) is 0 Å². The maximum absolute atomic E-state index is 6.10. The van der Waals surface area contributed by atoms with Crippen LogP contribution >= 0.6 is 11.8 Å². The van der Waals surface area contributed by atoms with Crippen molar-refractivity contribution in [2.75, 3.05) is 18.1 Å². The number of hydrogen-bond acceptors (Lipinski definition) is 3. The lowest BCUT2D eigenvalue weighted by Crippen LogP contribution is -2.37. The van der Waals surface area contributed by atoms with Gasteiger partial charge in [-0.3, -0.25) is 0 Å². The summed E-state index contributed by atoms with van der Waals surface area (Å²) in [6.45, 7) is 7.74. The fourth-order valence-corrected chi connectivity index (χ4v) is 4.35. The third-order valence-corrected chi connectivity index (χ3v) is 5.04. The summed E-state index contributed by atoms with van der Waals surface area (Å²) in [4.78, 5) is 0. The SMILES string of the molecule is CCNC1CSCC1CC1CCC(C)(C)O1. The Hall–Kier alpha value is 0.270. The second kappa shape index (κ2) is 5.28. The summed E-state index contributed by atoms with van der Waals surface area (Å²) in [7, 11) is 0. The zero-order valence-electron chi connectivity index (χ0n) is 10.8. The van der Waals surface area contributed by atoms with Crippen LogP contribution in [0.4, 0.5) is 0 Å². The van der Waals surface area contributed by atoms with Crippen molar-refractivity contribution in [3.8, 4) is 0 Å². The molecule has 0 saturated carbocycles. The van der Waals surface area contributed by atoms with Gasteiger partial charge in [0, 0.05) is 11.8 Å². The molecule has 0 aromatic heterocycles. The van der Waals surface area contributed by atoms with Gasteiger partial charge < -0.3 is 10.1 Å². The minimum absolute atomic E-state index is 0.129. The van der Waals surface area contributed by atoms with Crippen molar-refractivity contribution in [3.63, 3.8) is 0 Å². The van der Waals surface area contributed by atoms with E-state index in [1.165, 1.54) is 30.8 Å². The largest absolute Gasteiger partial charge is 0.372 e. The molecule has 2 heterocycles. The first-order valence-corrected chi connectivity index (χ1v) is 7.75. The second-order valence-electron chi connectivity index (χ2n) is 5.74. The average Bonchev–Trinajstić information content (AvgIpc) is 2.76. The molecule has 0 aromatic rings. The normalized spacial score (nSPS) is 38.1. The molecule has 1 N–H and O–H groups in total. The minimum atomic E-state index is 0.129. The number of hydrogen-bond donors (Lipinski definition) is 1. The van der Waals surface area contributed by atoms with Gasteiger partial charge in [-0.05, 0) is 51.3 Å². The van der Waals surface area contributed by atoms with Crippen LogP contribution in [0.3, 0.4) is 0 Å². The highest BCUT2D eigenvalue weighted by Gasteiger charge is 2.36. The molecule has 0 spiro atoms. The van der Waals surface area contributed by atoms with Gasteiger partial charge in [-0.25, -0.2) is 0 Å². The predicted octanol–water partition coefficient (Wildman–Crippen LogP) is 2.68. The lowest BCUT2D eigenvalue weighted by Gasteiger charge is -2.24. The van der Waals surface area contributed by atoms with Gasteiger partial charge in [-0.2, -0.15) is 11.8 Å². The lowest BCUT2D eigenvalue weighted by atomic mass is 9.95. The van der Waals surface area contributed by atoms with E-state index in [9.17, 15) is 0 Å². The molecule has 16 heavy (non-hydrogen) atoms. The van der Waals surface area contributed by atoms with Crippen LogP contribution in [0.25, 0.3) is 0 Å². The number of nitrogens with one attached hydrogen (secondary N) is 1. The van der Waals surface area contributed by atoms with E-state index >= 15 is 0 Å². The molecule has 0 aliphatic carbocycles. The molecule has 0 bridgehead atoms. The molecule has 2 nitrogen and oxygen atoms in total. The van der Waals surface area contributed by atoms with Gasteiger partial charge in [-0.15, -0.1) is 0 Å². The number of rotatable bonds is 4. The Kier molecular flexibility index (Phi) is 4.20. The standard InChI is InChI=1S/C13H25NOS/c1-4-14-12-9-16-8-10(12)7-11-5-6-13(2,3)15-11/h10-12,14H,4-9H2,1-3H3. The van der Waals surface area contributed by atoms with E-state index in [-0.39, 0.29) is 5.60 Å². The summed E-state index contributed by atoms with van der Waals surface area (Å²) in [6, 6.07) is 0.724. The number of ether oxygens (including phenoxy) is 1. The predicted molar refractivity (Wildman–Crippen MR) is 71.1 cm³/mol. The van der Waals surface area contributed by atoms with E-state index in [0.29, 0.717) is 6.10 Å². The molecule has 2 fully saturated rings. The third kappa shape index (κ3) is 3.14. The molecule has 3 atom stereocenters. The Morgan fingerprint density at radius 2 is 2.19 bits per heavy atom. The van der Waals surface area contributed by atoms with Crippen molar-refractivity contribution in [2.45, 2.75) is 57.8 Å². The molecule has 0 aromatic carbocycles. The summed E-state index contributed by atoms with van der Waals surface area (Å²) in [6.07, 6.45) is 4.25. The van der Waals surface area contributed by atoms with Crippen LogP contribution in [0.5, 0.6) is 0 Å². The van der Waals surface area contributed by atoms with Gasteiger partial charge in [0.25, 0.3) is 0 Å². The summed E-state index contributed by atoms with van der Waals surface area (Å²) < 4.78 is 6.10. The van der Waals surface area contributed by atoms with Crippen molar-refractivity contribution >= 4 is 11.8 Å². The van der Waals surface area contributed by atoms with Crippen LogP contribution in [0.1, 0.15) is 40.0 Å². The highest BCUT2D eigenvalue weighted by molar-refractivity contribution is 7.99. The van der Waals surface area contributed by atoms with Gasteiger partial charge >= 0.3 is 0 Å². The Balaban J connectivity index is 1.81. The molecule has 0 radical (unpaired) electrons. The maximum atomic E-state index is 6.10. The zero-order chi connectivity index (χ0) is 11.6. The van der Waals surface area contributed by atoms with Crippen LogP contribution in [0, 0.1) is 5.92 Å². The van der Waals surface area contributed by atoms with E-state index in [1.807, 2.05) is 0 Å². The Labute approximate surface area is 104 Å². The van der Waals surface area contributed by atoms with Crippen LogP contribution in [-0.4, -0.2) is 35.8 Å². The lowest BCUT2D eigenvalue weighted by molar-refractivity contribution is -0.0245. The van der Waals surface area contributed by atoms with Crippen LogP contribution < -0.4 is 5.32 Å². The highest BCUT2D eigenvalue weighted by Crippen LogP contribution is 2.36. The Morgan fingerprint density at radius 3 is 2.81 bits per heavy atom. The average molecular weight is 243 g/mol. The van der Waals surface area contributed by atoms with E-state index in [2.05, 4.69) is 37.8 Å². The first kappa shape index (κ1) is 12.7. The smallest absolute Gasteiger partial charge is 0.0631 e. The van der Waals surface area contributed by atoms with Crippen molar-refractivity contribution in [1.29, 1.82) is 0 Å². The fraction of sp³-hybridized carbons (Fsp3) is 1.00. The molecule has 2 aliphatic rings. The van der Waals surface area contributed by atoms with Crippen molar-refractivity contribution in [2.24, 2.45) is 5.92 Å². The summed E-state index contributed by atoms with van der Waals surface area (Å²) in [5.41, 5.74) is 0.129. The van der Waals surface area contributed by atoms with Gasteiger partial charge in [0.2, 0.25) is 0 Å². The van der Waals surface area contributed by atoms with E-state index in [0.717, 1.165) is 18.5 Å². The van der Waals surface area contributed by atoms with Gasteiger partial charge in [-0.1, -0.05) is 6.92 Å². The summed E-state index contributed by atoms with van der Waals surface area (Å²) >= 11 is 2.10. The van der Waals surface area contributed by atoms with Crippen LogP contribution in [-0.2, 0) is 4.74 Å². The molecule has 3 heteroatoms. The molecular formula is C13H25NOS. The van der Waals surface area contributed by atoms with Gasteiger partial charge in [0.15, 0.2) is 0 Å². The fourth-order valence-electron chi connectivity index (χ4n) is 2.90.